The number of likely N-dealkylation sites (tertiary alicyclic amines) is 1. The molecule has 1 fully saturated rings. The van der Waals surface area contributed by atoms with E-state index in [1.165, 1.54) is 23.0 Å². The number of hydrogen-bond acceptors (Lipinski definition) is 8. The molecule has 32 heavy (non-hydrogen) atoms. The van der Waals surface area contributed by atoms with Gasteiger partial charge >= 0.3 is 17.1 Å². The molecule has 10 nitrogen and oxygen atoms in total. The molecular formula is C22H29N7O3. The summed E-state index contributed by atoms with van der Waals surface area (Å²) in [5, 5.41) is 1.59. The second kappa shape index (κ2) is 9.49. The van der Waals surface area contributed by atoms with Gasteiger partial charge in [-0.25, -0.2) is 0 Å². The lowest BCUT2D eigenvalue weighted by atomic mass is 10.1. The smallest absolute Gasteiger partial charge is 0.340 e. The third-order valence-corrected chi connectivity index (χ3v) is 5.54. The van der Waals surface area contributed by atoms with E-state index in [2.05, 4.69) is 32.0 Å². The van der Waals surface area contributed by atoms with Gasteiger partial charge in [-0.3, -0.25) is 19.1 Å². The highest BCUT2D eigenvalue weighted by atomic mass is 16.7. The zero-order valence-electron chi connectivity index (χ0n) is 18.5. The number of anilines is 1. The maximum absolute atomic E-state index is 12.8. The minimum Gasteiger partial charge on any atom is -0.382 e. The average Bonchev–Trinajstić information content (AvgIpc) is 3.26. The van der Waals surface area contributed by atoms with Gasteiger partial charge in [0.05, 0.1) is 6.54 Å². The van der Waals surface area contributed by atoms with Crippen molar-refractivity contribution in [1.29, 1.82) is 0 Å². The Bertz CT molecular complexity index is 1210. The number of aromatic nitrogens is 4. The van der Waals surface area contributed by atoms with E-state index < -0.39 is 11.1 Å². The van der Waals surface area contributed by atoms with Gasteiger partial charge in [0.15, 0.2) is 11.5 Å². The van der Waals surface area contributed by atoms with E-state index in [9.17, 15) is 9.59 Å². The molecule has 1 saturated heterocycles. The summed E-state index contributed by atoms with van der Waals surface area (Å²) < 4.78 is 1.33. The molecule has 3 aromatic rings. The van der Waals surface area contributed by atoms with Crippen LogP contribution in [-0.2, 0) is 13.1 Å². The number of nitrogens with two attached hydrogens (primary N) is 1. The Balaban J connectivity index is 1.71. The number of nitrogens with zero attached hydrogens (tertiary/aromatic N) is 5. The molecule has 0 unspecified atom stereocenters. The number of rotatable bonds is 8. The fourth-order valence-corrected chi connectivity index (χ4v) is 4.04. The van der Waals surface area contributed by atoms with Crippen LogP contribution in [0.5, 0.6) is 6.01 Å². The van der Waals surface area contributed by atoms with Crippen LogP contribution in [0.15, 0.2) is 33.9 Å². The highest BCUT2D eigenvalue weighted by molar-refractivity contribution is 5.81. The summed E-state index contributed by atoms with van der Waals surface area (Å²) in [4.78, 5) is 44.1. The van der Waals surface area contributed by atoms with Gasteiger partial charge in [0.2, 0.25) is 0 Å². The molecule has 1 aromatic carbocycles. The Morgan fingerprint density at radius 1 is 1.16 bits per heavy atom. The largest absolute Gasteiger partial charge is 0.382 e. The lowest BCUT2D eigenvalue weighted by molar-refractivity contribution is -0.0402. The van der Waals surface area contributed by atoms with Gasteiger partial charge in [0.1, 0.15) is 5.52 Å². The molecule has 0 radical (unpaired) electrons. The van der Waals surface area contributed by atoms with Crippen molar-refractivity contribution >= 4 is 17.0 Å². The Morgan fingerprint density at radius 2 is 1.88 bits per heavy atom. The molecule has 0 saturated carbocycles. The lowest BCUT2D eigenvalue weighted by Crippen LogP contribution is -2.37. The van der Waals surface area contributed by atoms with Gasteiger partial charge in [0, 0.05) is 20.1 Å². The van der Waals surface area contributed by atoms with Crippen LogP contribution in [0, 0.1) is 0 Å². The van der Waals surface area contributed by atoms with E-state index in [1.54, 1.807) is 12.1 Å². The quantitative estimate of drug-likeness (QED) is 0.398. The molecule has 0 spiro atoms. The first-order valence-electron chi connectivity index (χ1n) is 10.9. The van der Waals surface area contributed by atoms with E-state index in [1.807, 2.05) is 19.1 Å². The third kappa shape index (κ3) is 4.81. The third-order valence-electron chi connectivity index (χ3n) is 5.54. The molecule has 2 aromatic heterocycles. The van der Waals surface area contributed by atoms with E-state index in [-0.39, 0.29) is 29.5 Å². The predicted octanol–water partition coefficient (Wildman–Crippen LogP) is 1.34. The SMILES string of the molecule is CCCN(C)Oc1nc(N)c2[nH]c(=O)c(=O)n(Cc3cccc(CN4CCCC4)c3)c2n1. The van der Waals surface area contributed by atoms with Crippen molar-refractivity contribution in [3.63, 3.8) is 0 Å². The fourth-order valence-electron chi connectivity index (χ4n) is 4.04. The summed E-state index contributed by atoms with van der Waals surface area (Å²) in [7, 11) is 1.76. The van der Waals surface area contributed by atoms with Gasteiger partial charge in [-0.2, -0.15) is 9.97 Å². The van der Waals surface area contributed by atoms with Crippen LogP contribution in [0.1, 0.15) is 37.3 Å². The number of aromatic amines is 1. The van der Waals surface area contributed by atoms with Gasteiger partial charge in [-0.05, 0) is 43.5 Å². The maximum atomic E-state index is 12.8. The van der Waals surface area contributed by atoms with Crippen LogP contribution in [-0.4, -0.2) is 56.2 Å². The number of H-pyrrole nitrogens is 1. The minimum atomic E-state index is -0.766. The number of hydrogen-bond donors (Lipinski definition) is 2. The van der Waals surface area contributed by atoms with Crippen LogP contribution in [0.2, 0.25) is 0 Å². The van der Waals surface area contributed by atoms with E-state index in [4.69, 9.17) is 10.6 Å². The van der Waals surface area contributed by atoms with E-state index in [0.717, 1.165) is 31.6 Å². The highest BCUT2D eigenvalue weighted by Crippen LogP contribution is 2.19. The Kier molecular flexibility index (Phi) is 6.52. The van der Waals surface area contributed by atoms with Crippen molar-refractivity contribution in [1.82, 2.24) is 29.5 Å². The lowest BCUT2D eigenvalue weighted by Gasteiger charge is -2.17. The first kappa shape index (κ1) is 22.0. The summed E-state index contributed by atoms with van der Waals surface area (Å²) in [6.45, 7) is 5.96. The minimum absolute atomic E-state index is 0.0222. The number of benzene rings is 1. The molecular weight excluding hydrogens is 410 g/mol. The summed E-state index contributed by atoms with van der Waals surface area (Å²) in [6, 6.07) is 8.07. The summed E-state index contributed by atoms with van der Waals surface area (Å²) in [5.41, 5.74) is 7.11. The Labute approximate surface area is 185 Å². The summed E-state index contributed by atoms with van der Waals surface area (Å²) in [6.07, 6.45) is 3.34. The molecule has 4 rings (SSSR count). The monoisotopic (exact) mass is 439 g/mol. The van der Waals surface area contributed by atoms with Crippen molar-refractivity contribution in [3.05, 3.63) is 56.1 Å². The van der Waals surface area contributed by atoms with E-state index in [0.29, 0.717) is 6.54 Å². The highest BCUT2D eigenvalue weighted by Gasteiger charge is 2.17. The van der Waals surface area contributed by atoms with Crippen molar-refractivity contribution in [2.75, 3.05) is 32.4 Å². The summed E-state index contributed by atoms with van der Waals surface area (Å²) in [5.74, 6) is 0.0449. The average molecular weight is 440 g/mol. The molecule has 0 aliphatic carbocycles. The molecule has 1 aliphatic heterocycles. The van der Waals surface area contributed by atoms with Crippen LogP contribution in [0.3, 0.4) is 0 Å². The van der Waals surface area contributed by atoms with Gasteiger partial charge < -0.3 is 15.6 Å². The predicted molar refractivity (Wildman–Crippen MR) is 122 cm³/mol. The fraction of sp³-hybridized carbons (Fsp3) is 0.455. The number of fused-ring (bicyclic) bond motifs is 1. The molecule has 1 aliphatic rings. The Hall–Kier alpha value is -3.24. The van der Waals surface area contributed by atoms with Crippen LogP contribution in [0.4, 0.5) is 5.82 Å². The molecule has 0 bridgehead atoms. The van der Waals surface area contributed by atoms with Crippen molar-refractivity contribution in [3.8, 4) is 6.01 Å². The normalized spacial score (nSPS) is 14.5. The zero-order chi connectivity index (χ0) is 22.7. The second-order valence-electron chi connectivity index (χ2n) is 8.18. The molecule has 10 heteroatoms. The van der Waals surface area contributed by atoms with Crippen LogP contribution in [0.25, 0.3) is 11.2 Å². The van der Waals surface area contributed by atoms with Crippen molar-refractivity contribution in [2.24, 2.45) is 0 Å². The first-order valence-corrected chi connectivity index (χ1v) is 10.9. The van der Waals surface area contributed by atoms with Gasteiger partial charge in [-0.15, -0.1) is 5.06 Å². The molecule has 170 valence electrons. The van der Waals surface area contributed by atoms with Crippen LogP contribution >= 0.6 is 0 Å². The summed E-state index contributed by atoms with van der Waals surface area (Å²) >= 11 is 0. The molecule has 3 N–H and O–H groups in total. The first-order chi connectivity index (χ1) is 15.4. The Morgan fingerprint density at radius 3 is 2.59 bits per heavy atom. The molecule has 0 amide bonds. The van der Waals surface area contributed by atoms with Gasteiger partial charge in [0.25, 0.3) is 0 Å². The molecule has 0 atom stereocenters. The number of hydroxylamine groups is 2. The standard InChI is InChI=1S/C22H29N7O3/c1-3-9-27(2)32-22-25-18(23)17-19(26-22)29(21(31)20(30)24-17)14-16-8-6-7-15(12-16)13-28-10-4-5-11-28/h6-8,12H,3-5,9-11,13-14H2,1-2H3,(H,24,30)(H2,23,25,26). The van der Waals surface area contributed by atoms with Crippen LogP contribution < -0.4 is 21.7 Å². The maximum Gasteiger partial charge on any atom is 0.340 e. The second-order valence-corrected chi connectivity index (χ2v) is 8.18. The number of nitrogens with one attached hydrogen (secondary N) is 1. The van der Waals surface area contributed by atoms with Gasteiger partial charge in [-0.1, -0.05) is 31.2 Å². The zero-order valence-corrected chi connectivity index (χ0v) is 18.5. The van der Waals surface area contributed by atoms with E-state index >= 15 is 0 Å². The molecule has 3 heterocycles. The number of nitrogen functional groups attached to an aromatic ring is 1. The topological polar surface area (TPSA) is 122 Å². The van der Waals surface area contributed by atoms with Crippen molar-refractivity contribution < 1.29 is 4.84 Å². The van der Waals surface area contributed by atoms with Crippen molar-refractivity contribution in [2.45, 2.75) is 39.3 Å².